The van der Waals surface area contributed by atoms with Gasteiger partial charge in [0.05, 0.1) is 27.7 Å². The topological polar surface area (TPSA) is 0 Å². The number of hydrogen-bond donors (Lipinski definition) is 0. The Hall–Kier alpha value is -0.530. The summed E-state index contributed by atoms with van der Waals surface area (Å²) < 4.78 is 1.07. The van der Waals surface area contributed by atoms with E-state index in [0.717, 1.165) is 4.48 Å². The molecule has 2 heteroatoms. The third kappa shape index (κ3) is 15.4. The van der Waals surface area contributed by atoms with Crippen LogP contribution >= 0.6 is 0 Å². The van der Waals surface area contributed by atoms with Gasteiger partial charge in [0.2, 0.25) is 0 Å². The number of quaternary nitrogens is 1. The standard InChI is InChI=1S/C10H14.C5H14N.2CH4.ClH/c1-3-9(2)10-7-5-4-6-8-10;1-5-6(2,3)4;;;/h4-9H,3H2,1-2H3;5H2,1-4H3;2*1H4;1H/q;+1;;;/p-1. The van der Waals surface area contributed by atoms with E-state index in [0.29, 0.717) is 5.92 Å². The smallest absolute Gasteiger partial charge is 0.0751 e. The zero-order chi connectivity index (χ0) is 12.6. The Morgan fingerprint density at radius 1 is 0.947 bits per heavy atom. The van der Waals surface area contributed by atoms with Crippen molar-refractivity contribution in [3.05, 3.63) is 35.9 Å². The van der Waals surface area contributed by atoms with Crippen molar-refractivity contribution in [2.24, 2.45) is 0 Å². The van der Waals surface area contributed by atoms with E-state index in [4.69, 9.17) is 0 Å². The molecule has 116 valence electrons. The lowest BCUT2D eigenvalue weighted by molar-refractivity contribution is -0.868. The summed E-state index contributed by atoms with van der Waals surface area (Å²) >= 11 is 0. The van der Waals surface area contributed by atoms with E-state index in [2.05, 4.69) is 72.2 Å². The summed E-state index contributed by atoms with van der Waals surface area (Å²) in [4.78, 5) is 0. The lowest BCUT2D eigenvalue weighted by atomic mass is 9.99. The molecule has 0 saturated heterocycles. The van der Waals surface area contributed by atoms with Crippen molar-refractivity contribution in [3.8, 4) is 0 Å². The number of hydrogen-bond acceptors (Lipinski definition) is 0. The summed E-state index contributed by atoms with van der Waals surface area (Å²) in [5, 5.41) is 0. The second-order valence-corrected chi connectivity index (χ2v) is 5.33. The molecule has 1 aromatic rings. The summed E-state index contributed by atoms with van der Waals surface area (Å²) in [5.74, 6) is 0.709. The van der Waals surface area contributed by atoms with Crippen molar-refractivity contribution in [2.45, 2.75) is 48.0 Å². The van der Waals surface area contributed by atoms with Crippen molar-refractivity contribution in [2.75, 3.05) is 27.7 Å². The van der Waals surface area contributed by atoms with E-state index in [9.17, 15) is 0 Å². The van der Waals surface area contributed by atoms with Crippen LogP contribution in [0.3, 0.4) is 0 Å². The summed E-state index contributed by atoms with van der Waals surface area (Å²) in [6.45, 7) is 7.87. The van der Waals surface area contributed by atoms with Gasteiger partial charge in [-0.25, -0.2) is 0 Å². The van der Waals surface area contributed by atoms with Crippen LogP contribution in [0.15, 0.2) is 30.3 Å². The summed E-state index contributed by atoms with van der Waals surface area (Å²) in [5.41, 5.74) is 1.45. The van der Waals surface area contributed by atoms with Crippen LogP contribution in [0.5, 0.6) is 0 Å². The fraction of sp³-hybridized carbons (Fsp3) is 0.647. The first-order chi connectivity index (χ1) is 7.40. The zero-order valence-corrected chi connectivity index (χ0v) is 13.0. The molecular formula is C17H36ClN. The van der Waals surface area contributed by atoms with Crippen LogP contribution in [0.25, 0.3) is 0 Å². The van der Waals surface area contributed by atoms with E-state index in [1.165, 1.54) is 18.5 Å². The van der Waals surface area contributed by atoms with Crippen LogP contribution in [-0.2, 0) is 0 Å². The highest BCUT2D eigenvalue weighted by Gasteiger charge is 1.99. The first-order valence-corrected chi connectivity index (χ1v) is 6.26. The minimum atomic E-state index is 0. The van der Waals surface area contributed by atoms with Gasteiger partial charge in [-0.05, 0) is 24.8 Å². The molecule has 0 fully saturated rings. The fourth-order valence-electron chi connectivity index (χ4n) is 1.02. The van der Waals surface area contributed by atoms with Crippen molar-refractivity contribution < 1.29 is 16.9 Å². The Labute approximate surface area is 129 Å². The van der Waals surface area contributed by atoms with Crippen molar-refractivity contribution in [1.29, 1.82) is 0 Å². The highest BCUT2D eigenvalue weighted by atomic mass is 35.5. The highest BCUT2D eigenvalue weighted by molar-refractivity contribution is 5.18. The van der Waals surface area contributed by atoms with E-state index >= 15 is 0 Å². The Morgan fingerprint density at radius 3 is 1.58 bits per heavy atom. The van der Waals surface area contributed by atoms with Gasteiger partial charge in [0.1, 0.15) is 0 Å². The fourth-order valence-corrected chi connectivity index (χ4v) is 1.02. The van der Waals surface area contributed by atoms with E-state index in [-0.39, 0.29) is 27.3 Å². The summed E-state index contributed by atoms with van der Waals surface area (Å²) in [6.07, 6.45) is 1.23. The maximum Gasteiger partial charge on any atom is 0.0751 e. The molecule has 0 radical (unpaired) electrons. The Balaban J connectivity index is -0.000000112. The van der Waals surface area contributed by atoms with Crippen LogP contribution in [-0.4, -0.2) is 32.2 Å². The molecule has 0 saturated carbocycles. The van der Waals surface area contributed by atoms with Crippen molar-refractivity contribution >= 4 is 0 Å². The molecule has 1 atom stereocenters. The maximum atomic E-state index is 2.26. The number of rotatable bonds is 3. The van der Waals surface area contributed by atoms with Gasteiger partial charge in [-0.2, -0.15) is 0 Å². The second-order valence-electron chi connectivity index (χ2n) is 5.33. The van der Waals surface area contributed by atoms with Gasteiger partial charge >= 0.3 is 0 Å². The van der Waals surface area contributed by atoms with Gasteiger partial charge in [-0.1, -0.05) is 59.0 Å². The third-order valence-corrected chi connectivity index (χ3v) is 2.93. The number of nitrogens with zero attached hydrogens (tertiary/aromatic N) is 1. The highest BCUT2D eigenvalue weighted by Crippen LogP contribution is 2.16. The van der Waals surface area contributed by atoms with Crippen LogP contribution in [0.1, 0.15) is 53.5 Å². The lowest BCUT2D eigenvalue weighted by Crippen LogP contribution is -3.00. The Bertz CT molecular complexity index is 264. The molecule has 0 aliphatic heterocycles. The lowest BCUT2D eigenvalue weighted by Gasteiger charge is -2.20. The van der Waals surface area contributed by atoms with Gasteiger partial charge in [0.25, 0.3) is 0 Å². The van der Waals surface area contributed by atoms with E-state index in [1.807, 2.05) is 0 Å². The molecule has 19 heavy (non-hydrogen) atoms. The van der Waals surface area contributed by atoms with Gasteiger partial charge < -0.3 is 16.9 Å². The van der Waals surface area contributed by atoms with Gasteiger partial charge in [0, 0.05) is 0 Å². The summed E-state index contributed by atoms with van der Waals surface area (Å²) in [6, 6.07) is 10.6. The molecule has 1 rings (SSSR count). The minimum Gasteiger partial charge on any atom is -1.00 e. The first kappa shape index (κ1) is 26.9. The molecule has 1 nitrogen and oxygen atoms in total. The van der Waals surface area contributed by atoms with Gasteiger partial charge in [-0.3, -0.25) is 0 Å². The Morgan fingerprint density at radius 2 is 1.32 bits per heavy atom. The van der Waals surface area contributed by atoms with Crippen LogP contribution < -0.4 is 12.4 Å². The predicted molar refractivity (Wildman–Crippen MR) is 87.2 cm³/mol. The minimum absolute atomic E-state index is 0. The van der Waals surface area contributed by atoms with Gasteiger partial charge in [0.15, 0.2) is 0 Å². The SMILES string of the molecule is C.C.CCC(C)c1ccccc1.CC[N+](C)(C)C.[Cl-]. The normalized spacial score (nSPS) is 10.6. The Kier molecular flexibility index (Phi) is 19.7. The molecule has 0 spiro atoms. The molecule has 0 bridgehead atoms. The average Bonchev–Trinajstić information content (AvgIpc) is 2.29. The molecule has 0 amide bonds. The van der Waals surface area contributed by atoms with Crippen LogP contribution in [0.4, 0.5) is 0 Å². The third-order valence-electron chi connectivity index (χ3n) is 2.93. The predicted octanol–water partition coefficient (Wildman–Crippen LogP) is 2.19. The summed E-state index contributed by atoms with van der Waals surface area (Å²) in [7, 11) is 6.54. The zero-order valence-electron chi connectivity index (χ0n) is 12.2. The second kappa shape index (κ2) is 13.9. The van der Waals surface area contributed by atoms with E-state index < -0.39 is 0 Å². The largest absolute Gasteiger partial charge is 1.00 e. The van der Waals surface area contributed by atoms with Crippen LogP contribution in [0.2, 0.25) is 0 Å². The maximum absolute atomic E-state index is 2.26. The van der Waals surface area contributed by atoms with E-state index in [1.54, 1.807) is 0 Å². The van der Waals surface area contributed by atoms with Crippen molar-refractivity contribution in [1.82, 2.24) is 0 Å². The molecular weight excluding hydrogens is 254 g/mol. The number of benzene rings is 1. The quantitative estimate of drug-likeness (QED) is 0.749. The number of halogens is 1. The molecule has 1 unspecified atom stereocenters. The molecule has 0 heterocycles. The first-order valence-electron chi connectivity index (χ1n) is 6.26. The monoisotopic (exact) mass is 289 g/mol. The van der Waals surface area contributed by atoms with Crippen LogP contribution in [0, 0.1) is 0 Å². The average molecular weight is 290 g/mol. The molecule has 0 aliphatic carbocycles. The molecule has 1 aromatic carbocycles. The molecule has 0 aliphatic rings. The molecule has 0 aromatic heterocycles. The van der Waals surface area contributed by atoms with Gasteiger partial charge in [-0.15, -0.1) is 0 Å². The van der Waals surface area contributed by atoms with Crippen molar-refractivity contribution in [3.63, 3.8) is 0 Å². The molecule has 0 N–H and O–H groups in total.